The van der Waals surface area contributed by atoms with Gasteiger partial charge in [-0.3, -0.25) is 0 Å². The first-order valence-corrected chi connectivity index (χ1v) is 7.95. The van der Waals surface area contributed by atoms with Crippen LogP contribution in [0, 0.1) is 6.92 Å². The minimum atomic E-state index is -4.57. The molecule has 0 aliphatic carbocycles. The Bertz CT molecular complexity index is 1140. The average molecular weight is 370 g/mol. The molecule has 9 heteroatoms. The van der Waals surface area contributed by atoms with E-state index >= 15 is 0 Å². The van der Waals surface area contributed by atoms with Crippen molar-refractivity contribution < 1.29 is 13.2 Å². The van der Waals surface area contributed by atoms with Crippen molar-refractivity contribution in [3.63, 3.8) is 0 Å². The minimum absolute atomic E-state index is 0.0897. The van der Waals surface area contributed by atoms with Crippen LogP contribution >= 0.6 is 0 Å². The Morgan fingerprint density at radius 3 is 2.44 bits per heavy atom. The highest BCUT2D eigenvalue weighted by atomic mass is 19.4. The van der Waals surface area contributed by atoms with Crippen molar-refractivity contribution in [3.8, 4) is 22.4 Å². The zero-order valence-corrected chi connectivity index (χ0v) is 14.1. The summed E-state index contributed by atoms with van der Waals surface area (Å²) in [6, 6.07) is 11.6. The Balaban J connectivity index is 2.09. The molecule has 0 aliphatic rings. The summed E-state index contributed by atoms with van der Waals surface area (Å²) in [4.78, 5) is 12.2. The van der Waals surface area contributed by atoms with Gasteiger partial charge in [-0.05, 0) is 24.6 Å². The van der Waals surface area contributed by atoms with Crippen LogP contribution in [0.15, 0.2) is 48.8 Å². The fourth-order valence-electron chi connectivity index (χ4n) is 2.93. The number of alkyl halides is 3. The van der Waals surface area contributed by atoms with Crippen LogP contribution in [0.25, 0.3) is 28.0 Å². The van der Waals surface area contributed by atoms with Crippen molar-refractivity contribution in [2.24, 2.45) is 0 Å². The van der Waals surface area contributed by atoms with Crippen molar-refractivity contribution in [3.05, 3.63) is 60.2 Å². The van der Waals surface area contributed by atoms with Crippen LogP contribution in [0.5, 0.6) is 0 Å². The van der Waals surface area contributed by atoms with Gasteiger partial charge in [0, 0.05) is 11.3 Å². The van der Waals surface area contributed by atoms with Crippen LogP contribution in [0.3, 0.4) is 0 Å². The van der Waals surface area contributed by atoms with E-state index < -0.39 is 11.9 Å². The summed E-state index contributed by atoms with van der Waals surface area (Å²) in [5, 5.41) is 4.01. The van der Waals surface area contributed by atoms with Gasteiger partial charge in [0.05, 0.1) is 11.3 Å². The van der Waals surface area contributed by atoms with E-state index in [0.29, 0.717) is 28.0 Å². The van der Waals surface area contributed by atoms with E-state index in [9.17, 15) is 13.2 Å². The third-order valence-corrected chi connectivity index (χ3v) is 4.03. The molecule has 0 spiro atoms. The molecule has 0 fully saturated rings. The maximum absolute atomic E-state index is 13.3. The SMILES string of the molecule is Cc1cc(-c2c(-c3ccccc3)nc(N)n3ncnc23)cc(C(F)(F)F)n1. The van der Waals surface area contributed by atoms with Crippen LogP contribution in [0.1, 0.15) is 11.4 Å². The molecule has 3 aromatic heterocycles. The number of nitrogens with two attached hydrogens (primary N) is 1. The quantitative estimate of drug-likeness (QED) is 0.581. The largest absolute Gasteiger partial charge is 0.433 e. The first kappa shape index (κ1) is 17.0. The lowest BCUT2D eigenvalue weighted by Crippen LogP contribution is -2.10. The molecule has 0 bridgehead atoms. The number of anilines is 1. The van der Waals surface area contributed by atoms with Crippen molar-refractivity contribution >= 4 is 11.6 Å². The first-order chi connectivity index (χ1) is 12.8. The van der Waals surface area contributed by atoms with Crippen LogP contribution < -0.4 is 5.73 Å². The fourth-order valence-corrected chi connectivity index (χ4v) is 2.93. The van der Waals surface area contributed by atoms with E-state index in [4.69, 9.17) is 5.73 Å². The van der Waals surface area contributed by atoms with E-state index in [1.807, 2.05) is 18.2 Å². The van der Waals surface area contributed by atoms with Crippen LogP contribution in [0.2, 0.25) is 0 Å². The molecule has 4 rings (SSSR count). The zero-order chi connectivity index (χ0) is 19.2. The number of aryl methyl sites for hydroxylation is 1. The molecule has 0 unspecified atom stereocenters. The van der Waals surface area contributed by atoms with Crippen molar-refractivity contribution in [1.82, 2.24) is 24.6 Å². The standard InChI is InChI=1S/C18H13F3N6/c1-10-7-12(8-13(25-10)18(19,20)21)14-15(11-5-3-2-4-6-11)26-17(22)27-16(14)23-9-24-27/h2-9H,1H3,(H2,22,26). The molecule has 1 aromatic carbocycles. The molecule has 136 valence electrons. The monoisotopic (exact) mass is 370 g/mol. The number of fused-ring (bicyclic) bond motifs is 1. The number of benzene rings is 1. The predicted molar refractivity (Wildman–Crippen MR) is 93.6 cm³/mol. The van der Waals surface area contributed by atoms with Gasteiger partial charge in [0.15, 0.2) is 5.65 Å². The lowest BCUT2D eigenvalue weighted by atomic mass is 9.99. The summed E-state index contributed by atoms with van der Waals surface area (Å²) >= 11 is 0. The van der Waals surface area contributed by atoms with E-state index in [0.717, 1.165) is 6.07 Å². The molecule has 0 amide bonds. The topological polar surface area (TPSA) is 82.0 Å². The third-order valence-electron chi connectivity index (χ3n) is 4.03. The number of hydrogen-bond donors (Lipinski definition) is 1. The summed E-state index contributed by atoms with van der Waals surface area (Å²) in [5.41, 5.74) is 7.36. The molecular weight excluding hydrogens is 357 g/mol. The van der Waals surface area contributed by atoms with Crippen molar-refractivity contribution in [2.45, 2.75) is 13.1 Å². The Morgan fingerprint density at radius 2 is 1.74 bits per heavy atom. The molecule has 0 atom stereocenters. The number of hydrogen-bond acceptors (Lipinski definition) is 5. The first-order valence-electron chi connectivity index (χ1n) is 7.95. The molecule has 0 radical (unpaired) electrons. The van der Waals surface area contributed by atoms with Crippen LogP contribution in [-0.4, -0.2) is 24.6 Å². The van der Waals surface area contributed by atoms with E-state index in [1.165, 1.54) is 17.8 Å². The Hall–Kier alpha value is -3.49. The molecule has 27 heavy (non-hydrogen) atoms. The van der Waals surface area contributed by atoms with Gasteiger partial charge in [0.25, 0.3) is 0 Å². The van der Waals surface area contributed by atoms with Crippen LogP contribution in [-0.2, 0) is 6.18 Å². The second-order valence-electron chi connectivity index (χ2n) is 5.94. The second kappa shape index (κ2) is 6.04. The summed E-state index contributed by atoms with van der Waals surface area (Å²) < 4.78 is 41.1. The predicted octanol–water partition coefficient (Wildman–Crippen LogP) is 3.76. The normalized spacial score (nSPS) is 11.9. The highest BCUT2D eigenvalue weighted by Crippen LogP contribution is 2.37. The number of halogens is 3. The molecule has 2 N–H and O–H groups in total. The van der Waals surface area contributed by atoms with Gasteiger partial charge < -0.3 is 5.73 Å². The third kappa shape index (κ3) is 2.97. The number of aromatic nitrogens is 5. The van der Waals surface area contributed by atoms with Gasteiger partial charge in [-0.25, -0.2) is 15.0 Å². The van der Waals surface area contributed by atoms with Gasteiger partial charge in [-0.15, -0.1) is 0 Å². The highest BCUT2D eigenvalue weighted by Gasteiger charge is 2.33. The highest BCUT2D eigenvalue weighted by molar-refractivity contribution is 5.90. The summed E-state index contributed by atoms with van der Waals surface area (Å²) in [6.45, 7) is 1.51. The van der Waals surface area contributed by atoms with Gasteiger partial charge in [0.2, 0.25) is 5.95 Å². The van der Waals surface area contributed by atoms with Gasteiger partial charge in [0.1, 0.15) is 12.0 Å². The van der Waals surface area contributed by atoms with E-state index in [-0.39, 0.29) is 11.6 Å². The Morgan fingerprint density at radius 1 is 1.00 bits per heavy atom. The summed E-state index contributed by atoms with van der Waals surface area (Å²) in [6.07, 6.45) is -3.29. The van der Waals surface area contributed by atoms with Gasteiger partial charge in [-0.1, -0.05) is 30.3 Å². The van der Waals surface area contributed by atoms with E-state index in [2.05, 4.69) is 20.1 Å². The lowest BCUT2D eigenvalue weighted by molar-refractivity contribution is -0.141. The van der Waals surface area contributed by atoms with Gasteiger partial charge >= 0.3 is 6.18 Å². The summed E-state index contributed by atoms with van der Waals surface area (Å²) in [7, 11) is 0. The second-order valence-corrected chi connectivity index (χ2v) is 5.94. The Labute approximate surface area is 151 Å². The smallest absolute Gasteiger partial charge is 0.368 e. The molecule has 0 saturated carbocycles. The molecule has 6 nitrogen and oxygen atoms in total. The lowest BCUT2D eigenvalue weighted by Gasteiger charge is -2.14. The molecule has 0 aliphatic heterocycles. The number of nitrogen functional groups attached to an aromatic ring is 1. The average Bonchev–Trinajstić information content (AvgIpc) is 3.11. The maximum Gasteiger partial charge on any atom is 0.433 e. The zero-order valence-electron chi connectivity index (χ0n) is 14.1. The number of nitrogens with zero attached hydrogens (tertiary/aromatic N) is 5. The molecule has 3 heterocycles. The van der Waals surface area contributed by atoms with Crippen molar-refractivity contribution in [2.75, 3.05) is 5.73 Å². The summed E-state index contributed by atoms with van der Waals surface area (Å²) in [5.74, 6) is 0.0897. The molecular formula is C18H13F3N6. The minimum Gasteiger partial charge on any atom is -0.368 e. The number of rotatable bonds is 2. The number of pyridine rings is 1. The van der Waals surface area contributed by atoms with Crippen LogP contribution in [0.4, 0.5) is 19.1 Å². The molecule has 0 saturated heterocycles. The van der Waals surface area contributed by atoms with E-state index in [1.54, 1.807) is 18.2 Å². The fraction of sp³-hybridized carbons (Fsp3) is 0.111. The van der Waals surface area contributed by atoms with Gasteiger partial charge in [-0.2, -0.15) is 22.8 Å². The molecule has 4 aromatic rings. The maximum atomic E-state index is 13.3. The Kier molecular flexibility index (Phi) is 3.79. The van der Waals surface area contributed by atoms with Crippen molar-refractivity contribution in [1.29, 1.82) is 0 Å².